The van der Waals surface area contributed by atoms with Crippen molar-refractivity contribution in [3.8, 4) is 5.75 Å². The molecule has 3 heterocycles. The van der Waals surface area contributed by atoms with Crippen LogP contribution in [-0.2, 0) is 16.0 Å². The Morgan fingerprint density at radius 3 is 2.65 bits per heavy atom. The third-order valence-electron chi connectivity index (χ3n) is 7.08. The van der Waals surface area contributed by atoms with Gasteiger partial charge in [-0.1, -0.05) is 31.5 Å². The molecule has 200 valence electrons. The zero-order chi connectivity index (χ0) is 26.3. The lowest BCUT2D eigenvalue weighted by Crippen LogP contribution is -2.62. The number of unbranched alkanes of at least 4 members (excludes halogenated alkanes) is 1. The summed E-state index contributed by atoms with van der Waals surface area (Å²) in [4.78, 5) is 41.5. The van der Waals surface area contributed by atoms with Crippen LogP contribution in [0.3, 0.4) is 0 Å². The fourth-order valence-electron chi connectivity index (χ4n) is 4.99. The fraction of sp³-hybridized carbons (Fsp3) is 0.571. The Morgan fingerprint density at radius 1 is 1.11 bits per heavy atom. The number of nitrogens with zero attached hydrogens (tertiary/aromatic N) is 5. The SMILES string of the molecule is CCCCN1CCOc2ccccc2CCCCC2(CN(C(=O)c3cnc(N(C)C)nc3)CCO2)C1=O. The molecule has 1 aromatic heterocycles. The maximum absolute atomic E-state index is 14.1. The van der Waals surface area contributed by atoms with Gasteiger partial charge in [0.25, 0.3) is 11.8 Å². The van der Waals surface area contributed by atoms with Gasteiger partial charge in [-0.05, 0) is 43.7 Å². The molecule has 2 amide bonds. The van der Waals surface area contributed by atoms with E-state index in [9.17, 15) is 9.59 Å². The highest BCUT2D eigenvalue weighted by atomic mass is 16.5. The summed E-state index contributed by atoms with van der Waals surface area (Å²) in [6.45, 7) is 4.61. The molecule has 0 bridgehead atoms. The van der Waals surface area contributed by atoms with Crippen molar-refractivity contribution in [2.24, 2.45) is 0 Å². The Bertz CT molecular complexity index is 1060. The standard InChI is InChI=1S/C28H39N5O4/c1-4-5-14-32-15-17-36-24-12-7-6-10-22(24)11-8-9-13-28(26(32)35)21-33(16-18-37-28)25(34)23-19-29-27(30-20-23)31(2)3/h6-7,10,12,19-20H,4-5,8-9,11,13-18,21H2,1-3H3. The van der Waals surface area contributed by atoms with Crippen molar-refractivity contribution in [1.29, 1.82) is 0 Å². The monoisotopic (exact) mass is 509 g/mol. The second kappa shape index (κ2) is 12.4. The van der Waals surface area contributed by atoms with Crippen LogP contribution in [0.5, 0.6) is 5.75 Å². The van der Waals surface area contributed by atoms with Gasteiger partial charge in [-0.25, -0.2) is 9.97 Å². The molecular weight excluding hydrogens is 470 g/mol. The van der Waals surface area contributed by atoms with Gasteiger partial charge in [0.2, 0.25) is 5.95 Å². The lowest BCUT2D eigenvalue weighted by Gasteiger charge is -2.44. The second-order valence-electron chi connectivity index (χ2n) is 10.0. The molecule has 9 nitrogen and oxygen atoms in total. The Balaban J connectivity index is 1.57. The Morgan fingerprint density at radius 2 is 1.89 bits per heavy atom. The molecule has 1 aromatic carbocycles. The molecule has 0 radical (unpaired) electrons. The molecule has 37 heavy (non-hydrogen) atoms. The molecule has 9 heteroatoms. The van der Waals surface area contributed by atoms with Gasteiger partial charge >= 0.3 is 0 Å². The number of carbonyl (C=O) groups is 2. The molecule has 2 aromatic rings. The topological polar surface area (TPSA) is 88.1 Å². The van der Waals surface area contributed by atoms with E-state index in [1.807, 2.05) is 37.2 Å². The van der Waals surface area contributed by atoms with Gasteiger partial charge < -0.3 is 24.2 Å². The third-order valence-corrected chi connectivity index (χ3v) is 7.08. The number of benzene rings is 1. The van der Waals surface area contributed by atoms with Crippen molar-refractivity contribution in [2.75, 3.05) is 58.4 Å². The van der Waals surface area contributed by atoms with E-state index in [1.165, 1.54) is 5.56 Å². The highest BCUT2D eigenvalue weighted by molar-refractivity contribution is 5.95. The first kappa shape index (κ1) is 26.9. The van der Waals surface area contributed by atoms with E-state index < -0.39 is 5.60 Å². The Labute approximate surface area is 219 Å². The van der Waals surface area contributed by atoms with E-state index in [0.29, 0.717) is 50.8 Å². The Hall–Kier alpha value is -3.20. The molecule has 1 fully saturated rings. The number of aryl methyl sites for hydroxylation is 1. The van der Waals surface area contributed by atoms with Gasteiger partial charge in [-0.15, -0.1) is 0 Å². The first-order valence-corrected chi connectivity index (χ1v) is 13.4. The van der Waals surface area contributed by atoms with Crippen molar-refractivity contribution in [1.82, 2.24) is 19.8 Å². The molecular formula is C28H39N5O4. The zero-order valence-corrected chi connectivity index (χ0v) is 22.3. The molecule has 1 spiro atoms. The van der Waals surface area contributed by atoms with Gasteiger partial charge in [0, 0.05) is 39.6 Å². The van der Waals surface area contributed by atoms with Crippen LogP contribution < -0.4 is 9.64 Å². The normalized spacial score (nSPS) is 21.0. The first-order chi connectivity index (χ1) is 17.9. The van der Waals surface area contributed by atoms with Crippen molar-refractivity contribution in [2.45, 2.75) is 51.0 Å². The number of rotatable bonds is 5. The van der Waals surface area contributed by atoms with E-state index in [-0.39, 0.29) is 18.4 Å². The first-order valence-electron chi connectivity index (χ1n) is 13.4. The molecule has 4 rings (SSSR count). The van der Waals surface area contributed by atoms with Crippen LogP contribution in [-0.4, -0.2) is 90.7 Å². The summed E-state index contributed by atoms with van der Waals surface area (Å²) >= 11 is 0. The van der Waals surface area contributed by atoms with Crippen LogP contribution in [0.15, 0.2) is 36.7 Å². The van der Waals surface area contributed by atoms with Crippen molar-refractivity contribution < 1.29 is 19.1 Å². The van der Waals surface area contributed by atoms with E-state index in [0.717, 1.165) is 37.9 Å². The average molecular weight is 510 g/mol. The van der Waals surface area contributed by atoms with Crippen LogP contribution in [0, 0.1) is 0 Å². The van der Waals surface area contributed by atoms with Crippen LogP contribution >= 0.6 is 0 Å². The van der Waals surface area contributed by atoms with Crippen molar-refractivity contribution >= 4 is 17.8 Å². The van der Waals surface area contributed by atoms with Gasteiger partial charge in [0.15, 0.2) is 5.60 Å². The number of amides is 2. The van der Waals surface area contributed by atoms with E-state index >= 15 is 0 Å². The van der Waals surface area contributed by atoms with Crippen LogP contribution in [0.4, 0.5) is 5.95 Å². The summed E-state index contributed by atoms with van der Waals surface area (Å²) in [6, 6.07) is 8.14. The maximum atomic E-state index is 14.1. The van der Waals surface area contributed by atoms with Crippen molar-refractivity contribution in [3.05, 3.63) is 47.8 Å². The van der Waals surface area contributed by atoms with Crippen LogP contribution in [0.25, 0.3) is 0 Å². The number of fused-ring (bicyclic) bond motifs is 1. The number of hydrogen-bond donors (Lipinski definition) is 0. The number of carbonyl (C=O) groups excluding carboxylic acids is 2. The molecule has 1 atom stereocenters. The highest BCUT2D eigenvalue weighted by Gasteiger charge is 2.46. The van der Waals surface area contributed by atoms with Crippen LogP contribution in [0.1, 0.15) is 54.9 Å². The summed E-state index contributed by atoms with van der Waals surface area (Å²) in [5.41, 5.74) is 0.535. The molecule has 0 saturated carbocycles. The maximum Gasteiger partial charge on any atom is 0.257 e. The molecule has 0 aliphatic carbocycles. The predicted octanol–water partition coefficient (Wildman–Crippen LogP) is 3.19. The van der Waals surface area contributed by atoms with Gasteiger partial charge in [-0.3, -0.25) is 9.59 Å². The van der Waals surface area contributed by atoms with Crippen molar-refractivity contribution in [3.63, 3.8) is 0 Å². The molecule has 2 aliphatic rings. The molecule has 1 saturated heterocycles. The number of morpholine rings is 1. The molecule has 1 unspecified atom stereocenters. The average Bonchev–Trinajstić information content (AvgIpc) is 2.92. The number of anilines is 1. The van der Waals surface area contributed by atoms with Crippen LogP contribution in [0.2, 0.25) is 0 Å². The summed E-state index contributed by atoms with van der Waals surface area (Å²) in [7, 11) is 3.71. The largest absolute Gasteiger partial charge is 0.491 e. The number of para-hydroxylation sites is 1. The minimum atomic E-state index is -1.06. The summed E-state index contributed by atoms with van der Waals surface area (Å²) in [5, 5.41) is 0. The van der Waals surface area contributed by atoms with Gasteiger partial charge in [-0.2, -0.15) is 0 Å². The lowest BCUT2D eigenvalue weighted by molar-refractivity contribution is -0.170. The van der Waals surface area contributed by atoms with E-state index in [2.05, 4.69) is 23.0 Å². The highest BCUT2D eigenvalue weighted by Crippen LogP contribution is 2.30. The lowest BCUT2D eigenvalue weighted by atomic mass is 9.90. The fourth-order valence-corrected chi connectivity index (χ4v) is 4.99. The summed E-state index contributed by atoms with van der Waals surface area (Å²) in [6.07, 6.45) is 8.14. The number of aromatic nitrogens is 2. The minimum absolute atomic E-state index is 0.0462. The zero-order valence-electron chi connectivity index (χ0n) is 22.3. The van der Waals surface area contributed by atoms with E-state index in [1.54, 1.807) is 22.2 Å². The third kappa shape index (κ3) is 6.39. The minimum Gasteiger partial charge on any atom is -0.491 e. The van der Waals surface area contributed by atoms with Gasteiger partial charge in [0.05, 0.1) is 25.3 Å². The molecule has 0 N–H and O–H groups in total. The summed E-state index contributed by atoms with van der Waals surface area (Å²) < 4.78 is 12.4. The van der Waals surface area contributed by atoms with E-state index in [4.69, 9.17) is 9.47 Å². The quantitative estimate of drug-likeness (QED) is 0.612. The number of hydrogen-bond acceptors (Lipinski definition) is 7. The summed E-state index contributed by atoms with van der Waals surface area (Å²) in [5.74, 6) is 1.22. The number of ether oxygens (including phenoxy) is 2. The second-order valence-corrected chi connectivity index (χ2v) is 10.0. The molecule has 2 aliphatic heterocycles. The predicted molar refractivity (Wildman–Crippen MR) is 142 cm³/mol. The Kier molecular flexibility index (Phi) is 8.97. The van der Waals surface area contributed by atoms with Gasteiger partial charge in [0.1, 0.15) is 12.4 Å². The smallest absolute Gasteiger partial charge is 0.257 e.